The number of rotatable bonds is 2. The fourth-order valence-electron chi connectivity index (χ4n) is 4.71. The van der Waals surface area contributed by atoms with E-state index in [0.29, 0.717) is 37.8 Å². The quantitative estimate of drug-likeness (QED) is 0.784. The van der Waals surface area contributed by atoms with Crippen LogP contribution in [0.25, 0.3) is 0 Å². The maximum atomic E-state index is 13.7. The van der Waals surface area contributed by atoms with Crippen LogP contribution in [-0.4, -0.2) is 66.3 Å². The summed E-state index contributed by atoms with van der Waals surface area (Å²) in [4.78, 5) is 30.6. The lowest BCUT2D eigenvalue weighted by Gasteiger charge is -2.43. The summed E-state index contributed by atoms with van der Waals surface area (Å²) in [5.41, 5.74) is 0.931. The van der Waals surface area contributed by atoms with E-state index in [-0.39, 0.29) is 18.4 Å². The minimum atomic E-state index is -0.654. The number of nitrogens with zero attached hydrogens (tertiary/aromatic N) is 2. The fourth-order valence-corrected chi connectivity index (χ4v) is 4.71. The predicted octanol–water partition coefficient (Wildman–Crippen LogP) is 2.60. The Morgan fingerprint density at radius 3 is 2.46 bits per heavy atom. The van der Waals surface area contributed by atoms with Crippen molar-refractivity contribution < 1.29 is 19.1 Å². The molecule has 0 aromatic heterocycles. The highest BCUT2D eigenvalue weighted by atomic mass is 16.5. The Morgan fingerprint density at radius 1 is 1.11 bits per heavy atom. The molecule has 3 aliphatic rings. The third-order valence-corrected chi connectivity index (χ3v) is 6.52. The molecule has 0 radical (unpaired) electrons. The average Bonchev–Trinajstić information content (AvgIpc) is 3.09. The predicted molar refractivity (Wildman–Crippen MR) is 105 cm³/mol. The van der Waals surface area contributed by atoms with Gasteiger partial charge in [-0.15, -0.1) is 0 Å². The average molecular weight is 386 g/mol. The molecule has 2 amide bonds. The number of carbonyl (C=O) groups is 2. The van der Waals surface area contributed by atoms with Crippen molar-refractivity contribution in [2.75, 3.05) is 32.9 Å². The van der Waals surface area contributed by atoms with Gasteiger partial charge in [-0.3, -0.25) is 14.5 Å². The standard InChI is InChI=1S/C22H30N2O4/c1-16-7-9-22(10-8-16)24(20(25)18-6-4-3-5-17(18)2)19(15-28-22)21(26)23-11-13-27-14-12-23/h3-6,16,19H,7-15H2,1-2H3. The van der Waals surface area contributed by atoms with Gasteiger partial charge in [0.2, 0.25) is 5.91 Å². The van der Waals surface area contributed by atoms with Crippen molar-refractivity contribution in [3.05, 3.63) is 35.4 Å². The number of hydrogen-bond acceptors (Lipinski definition) is 4. The summed E-state index contributed by atoms with van der Waals surface area (Å²) in [6, 6.07) is 7.05. The van der Waals surface area contributed by atoms with Gasteiger partial charge in [-0.25, -0.2) is 0 Å². The van der Waals surface area contributed by atoms with Crippen molar-refractivity contribution in [3.8, 4) is 0 Å². The van der Waals surface area contributed by atoms with Gasteiger partial charge in [0, 0.05) is 18.7 Å². The Kier molecular flexibility index (Phi) is 5.43. The maximum Gasteiger partial charge on any atom is 0.257 e. The molecule has 1 atom stereocenters. The van der Waals surface area contributed by atoms with E-state index in [9.17, 15) is 9.59 Å². The summed E-state index contributed by atoms with van der Waals surface area (Å²) in [7, 11) is 0. The van der Waals surface area contributed by atoms with Gasteiger partial charge in [-0.2, -0.15) is 0 Å². The minimum absolute atomic E-state index is 0.0132. The van der Waals surface area contributed by atoms with Crippen LogP contribution in [0.2, 0.25) is 0 Å². The molecule has 0 bridgehead atoms. The van der Waals surface area contributed by atoms with Crippen molar-refractivity contribution in [1.82, 2.24) is 9.80 Å². The van der Waals surface area contributed by atoms with E-state index in [1.54, 1.807) is 4.90 Å². The Bertz CT molecular complexity index is 736. The Hall–Kier alpha value is -1.92. The second-order valence-electron chi connectivity index (χ2n) is 8.38. The van der Waals surface area contributed by atoms with Gasteiger partial charge in [-0.05, 0) is 50.2 Å². The second-order valence-corrected chi connectivity index (χ2v) is 8.38. The Morgan fingerprint density at radius 2 is 1.79 bits per heavy atom. The van der Waals surface area contributed by atoms with Gasteiger partial charge in [-0.1, -0.05) is 25.1 Å². The highest BCUT2D eigenvalue weighted by molar-refractivity contribution is 5.99. The molecule has 3 fully saturated rings. The summed E-state index contributed by atoms with van der Waals surface area (Å²) in [6.07, 6.45) is 3.60. The van der Waals surface area contributed by atoms with Crippen LogP contribution in [-0.2, 0) is 14.3 Å². The SMILES string of the molecule is Cc1ccccc1C(=O)N1C(C(=O)N2CCOCC2)COC12CCC(C)CC2. The first kappa shape index (κ1) is 19.4. The largest absolute Gasteiger partial charge is 0.378 e. The van der Waals surface area contributed by atoms with Crippen LogP contribution in [0.4, 0.5) is 0 Å². The molecule has 2 aliphatic heterocycles. The molecule has 1 spiro atoms. The first-order valence-electron chi connectivity index (χ1n) is 10.4. The maximum absolute atomic E-state index is 13.7. The van der Waals surface area contributed by atoms with Crippen LogP contribution >= 0.6 is 0 Å². The van der Waals surface area contributed by atoms with Crippen molar-refractivity contribution in [1.29, 1.82) is 0 Å². The molecule has 152 valence electrons. The third-order valence-electron chi connectivity index (χ3n) is 6.52. The van der Waals surface area contributed by atoms with E-state index in [2.05, 4.69) is 6.92 Å². The first-order chi connectivity index (χ1) is 13.5. The summed E-state index contributed by atoms with van der Waals surface area (Å²) in [6.45, 7) is 6.71. The number of carbonyl (C=O) groups excluding carboxylic acids is 2. The minimum Gasteiger partial charge on any atom is -0.378 e. The number of aryl methyl sites for hydroxylation is 1. The van der Waals surface area contributed by atoms with Crippen LogP contribution in [0.15, 0.2) is 24.3 Å². The molecule has 6 nitrogen and oxygen atoms in total. The van der Waals surface area contributed by atoms with Gasteiger partial charge in [0.15, 0.2) is 0 Å². The molecule has 0 N–H and O–H groups in total. The van der Waals surface area contributed by atoms with E-state index in [0.717, 1.165) is 31.2 Å². The molecule has 1 saturated carbocycles. The molecule has 1 aromatic rings. The van der Waals surface area contributed by atoms with Crippen LogP contribution < -0.4 is 0 Å². The number of amides is 2. The lowest BCUT2D eigenvalue weighted by atomic mass is 9.83. The van der Waals surface area contributed by atoms with Gasteiger partial charge in [0.1, 0.15) is 11.8 Å². The van der Waals surface area contributed by atoms with E-state index < -0.39 is 11.8 Å². The molecule has 1 aromatic carbocycles. The zero-order chi connectivity index (χ0) is 19.7. The smallest absolute Gasteiger partial charge is 0.257 e. The lowest BCUT2D eigenvalue weighted by molar-refractivity contribution is -0.141. The molecular formula is C22H30N2O4. The van der Waals surface area contributed by atoms with E-state index in [4.69, 9.17) is 9.47 Å². The lowest BCUT2D eigenvalue weighted by Crippen LogP contribution is -2.58. The first-order valence-corrected chi connectivity index (χ1v) is 10.4. The molecule has 2 saturated heterocycles. The van der Waals surface area contributed by atoms with Crippen LogP contribution in [0.3, 0.4) is 0 Å². The van der Waals surface area contributed by atoms with Crippen molar-refractivity contribution in [2.45, 2.75) is 51.3 Å². The van der Waals surface area contributed by atoms with Gasteiger partial charge < -0.3 is 14.4 Å². The molecule has 4 rings (SSSR count). The summed E-state index contributed by atoms with van der Waals surface area (Å²) < 4.78 is 11.7. The molecule has 28 heavy (non-hydrogen) atoms. The van der Waals surface area contributed by atoms with E-state index >= 15 is 0 Å². The van der Waals surface area contributed by atoms with Crippen LogP contribution in [0, 0.1) is 12.8 Å². The topological polar surface area (TPSA) is 59.1 Å². The van der Waals surface area contributed by atoms with Crippen LogP contribution in [0.5, 0.6) is 0 Å². The normalized spacial score (nSPS) is 30.6. The molecule has 6 heteroatoms. The number of ether oxygens (including phenoxy) is 2. The molecule has 1 aliphatic carbocycles. The van der Waals surface area contributed by atoms with Crippen molar-refractivity contribution >= 4 is 11.8 Å². The highest BCUT2D eigenvalue weighted by Crippen LogP contribution is 2.43. The Labute approximate surface area is 166 Å². The monoisotopic (exact) mass is 386 g/mol. The van der Waals surface area contributed by atoms with Crippen LogP contribution in [0.1, 0.15) is 48.5 Å². The Balaban J connectivity index is 1.67. The summed E-state index contributed by atoms with van der Waals surface area (Å²) >= 11 is 0. The van der Waals surface area contributed by atoms with E-state index in [1.807, 2.05) is 36.1 Å². The zero-order valence-corrected chi connectivity index (χ0v) is 16.9. The highest BCUT2D eigenvalue weighted by Gasteiger charge is 2.54. The molecule has 2 heterocycles. The summed E-state index contributed by atoms with van der Waals surface area (Å²) in [5.74, 6) is 0.524. The van der Waals surface area contributed by atoms with Crippen molar-refractivity contribution in [2.24, 2.45) is 5.92 Å². The zero-order valence-electron chi connectivity index (χ0n) is 16.9. The summed E-state index contributed by atoms with van der Waals surface area (Å²) in [5, 5.41) is 0. The van der Waals surface area contributed by atoms with Gasteiger partial charge in [0.25, 0.3) is 5.91 Å². The third kappa shape index (κ3) is 3.44. The van der Waals surface area contributed by atoms with E-state index in [1.165, 1.54) is 0 Å². The number of benzene rings is 1. The van der Waals surface area contributed by atoms with Crippen molar-refractivity contribution in [3.63, 3.8) is 0 Å². The molecule has 1 unspecified atom stereocenters. The second kappa shape index (κ2) is 7.84. The number of hydrogen-bond donors (Lipinski definition) is 0. The number of morpholine rings is 1. The fraction of sp³-hybridized carbons (Fsp3) is 0.636. The van der Waals surface area contributed by atoms with Gasteiger partial charge in [0.05, 0.1) is 19.8 Å². The van der Waals surface area contributed by atoms with Gasteiger partial charge >= 0.3 is 0 Å². The molecular weight excluding hydrogens is 356 g/mol.